The number of aliphatic hydroxyl groups excluding tert-OH is 1. The summed E-state index contributed by atoms with van der Waals surface area (Å²) in [7, 11) is 0. The molecule has 3 rings (SSSR count). The van der Waals surface area contributed by atoms with E-state index in [0.29, 0.717) is 11.6 Å². The van der Waals surface area contributed by atoms with Gasteiger partial charge in [0, 0.05) is 0 Å². The number of fused-ring (bicyclic) bond motifs is 2. The molecule has 1 heterocycles. The van der Waals surface area contributed by atoms with Crippen LogP contribution in [0.1, 0.15) is 37.5 Å². The molecule has 0 radical (unpaired) electrons. The molecule has 2 aliphatic rings. The van der Waals surface area contributed by atoms with Crippen LogP contribution in [-0.4, -0.2) is 20.5 Å². The normalized spacial score (nSPS) is 37.6. The zero-order chi connectivity index (χ0) is 9.54. The van der Waals surface area contributed by atoms with Crippen molar-refractivity contribution in [3.8, 4) is 0 Å². The van der Waals surface area contributed by atoms with Crippen molar-refractivity contribution in [3.05, 3.63) is 11.9 Å². The molecule has 0 saturated heterocycles. The Labute approximate surface area is 82.7 Å². The van der Waals surface area contributed by atoms with Gasteiger partial charge in [-0.25, -0.2) is 0 Å². The van der Waals surface area contributed by atoms with Crippen LogP contribution in [-0.2, 0) is 0 Å². The highest BCUT2D eigenvalue weighted by molar-refractivity contribution is 5.03. The molecule has 14 heavy (non-hydrogen) atoms. The van der Waals surface area contributed by atoms with Gasteiger partial charge in [-0.3, -0.25) is 0 Å². The van der Waals surface area contributed by atoms with Crippen LogP contribution >= 0.6 is 0 Å². The number of aliphatic hydroxyl groups is 1. The number of aromatic amines is 1. The smallest absolute Gasteiger partial charge is 0.111 e. The molecule has 2 N–H and O–H groups in total. The summed E-state index contributed by atoms with van der Waals surface area (Å²) in [6.07, 6.45) is 6.40. The molecule has 1 aromatic heterocycles. The summed E-state index contributed by atoms with van der Waals surface area (Å²) in [6.45, 7) is 0. The average Bonchev–Trinajstić information content (AvgIpc) is 2.93. The Kier molecular flexibility index (Phi) is 1.83. The van der Waals surface area contributed by atoms with Crippen molar-refractivity contribution in [2.45, 2.75) is 31.8 Å². The minimum absolute atomic E-state index is 0.399. The molecule has 4 heteroatoms. The largest absolute Gasteiger partial charge is 0.386 e. The molecule has 4 unspecified atom stereocenters. The van der Waals surface area contributed by atoms with Gasteiger partial charge in [0.1, 0.15) is 11.8 Å². The van der Waals surface area contributed by atoms with Crippen molar-refractivity contribution in [1.82, 2.24) is 15.4 Å². The maximum absolute atomic E-state index is 10.1. The summed E-state index contributed by atoms with van der Waals surface area (Å²) in [5, 5.41) is 20.4. The Bertz CT molecular complexity index is 311. The lowest BCUT2D eigenvalue weighted by atomic mass is 9.84. The number of hydrogen-bond acceptors (Lipinski definition) is 3. The number of nitrogens with zero attached hydrogens (tertiary/aromatic N) is 2. The summed E-state index contributed by atoms with van der Waals surface area (Å²) in [5.74, 6) is 2.03. The molecule has 2 fully saturated rings. The Hall–Kier alpha value is -0.900. The van der Waals surface area contributed by atoms with E-state index in [1.165, 1.54) is 25.7 Å². The van der Waals surface area contributed by atoms with E-state index in [2.05, 4.69) is 15.4 Å². The molecule has 0 aromatic carbocycles. The molecule has 1 aromatic rings. The molecule has 4 nitrogen and oxygen atoms in total. The number of H-pyrrole nitrogens is 1. The van der Waals surface area contributed by atoms with Gasteiger partial charge in [-0.2, -0.15) is 15.4 Å². The third-order valence-electron chi connectivity index (χ3n) is 3.94. The second-order valence-electron chi connectivity index (χ2n) is 4.68. The van der Waals surface area contributed by atoms with E-state index >= 15 is 0 Å². The highest BCUT2D eigenvalue weighted by Gasteiger charge is 2.43. The average molecular weight is 193 g/mol. The van der Waals surface area contributed by atoms with Gasteiger partial charge in [0.2, 0.25) is 0 Å². The molecule has 4 atom stereocenters. The molecule has 2 bridgehead atoms. The molecule has 2 saturated carbocycles. The van der Waals surface area contributed by atoms with E-state index in [4.69, 9.17) is 0 Å². The molecule has 0 spiro atoms. The molecular formula is C10H15N3O. The van der Waals surface area contributed by atoms with E-state index in [1.807, 2.05) is 0 Å². The number of hydrogen-bond donors (Lipinski definition) is 2. The zero-order valence-corrected chi connectivity index (χ0v) is 8.06. The van der Waals surface area contributed by atoms with Crippen molar-refractivity contribution in [3.63, 3.8) is 0 Å². The van der Waals surface area contributed by atoms with Crippen LogP contribution in [0.3, 0.4) is 0 Å². The van der Waals surface area contributed by atoms with E-state index < -0.39 is 6.10 Å². The fourth-order valence-electron chi connectivity index (χ4n) is 3.25. The van der Waals surface area contributed by atoms with Crippen LogP contribution in [0.2, 0.25) is 0 Å². The number of aromatic nitrogens is 3. The summed E-state index contributed by atoms with van der Waals surface area (Å²) in [5.41, 5.74) is 0.711. The van der Waals surface area contributed by atoms with Crippen LogP contribution in [0.25, 0.3) is 0 Å². The van der Waals surface area contributed by atoms with Crippen LogP contribution < -0.4 is 0 Å². The Morgan fingerprint density at radius 1 is 1.43 bits per heavy atom. The predicted molar refractivity (Wildman–Crippen MR) is 50.3 cm³/mol. The highest BCUT2D eigenvalue weighted by Crippen LogP contribution is 2.52. The summed E-state index contributed by atoms with van der Waals surface area (Å²) in [6, 6.07) is 0. The Balaban J connectivity index is 1.77. The number of rotatable bonds is 2. The Morgan fingerprint density at radius 3 is 2.93 bits per heavy atom. The van der Waals surface area contributed by atoms with Crippen LogP contribution in [0.15, 0.2) is 6.20 Å². The predicted octanol–water partition coefficient (Wildman–Crippen LogP) is 1.27. The SMILES string of the molecule is OC(c1cn[nH]n1)C1CC2CCC1C2. The van der Waals surface area contributed by atoms with Crippen molar-refractivity contribution >= 4 is 0 Å². The molecule has 0 aliphatic heterocycles. The summed E-state index contributed by atoms with van der Waals surface area (Å²) >= 11 is 0. The third-order valence-corrected chi connectivity index (χ3v) is 3.94. The third kappa shape index (κ3) is 1.17. The van der Waals surface area contributed by atoms with Crippen LogP contribution in [0.5, 0.6) is 0 Å². The second-order valence-corrected chi connectivity index (χ2v) is 4.68. The molecular weight excluding hydrogens is 178 g/mol. The van der Waals surface area contributed by atoms with E-state index in [0.717, 1.165) is 11.8 Å². The van der Waals surface area contributed by atoms with Crippen molar-refractivity contribution in [2.75, 3.05) is 0 Å². The van der Waals surface area contributed by atoms with Gasteiger partial charge in [0.15, 0.2) is 0 Å². The van der Waals surface area contributed by atoms with Gasteiger partial charge in [0.05, 0.1) is 6.20 Å². The first kappa shape index (κ1) is 8.41. The van der Waals surface area contributed by atoms with Gasteiger partial charge < -0.3 is 5.11 Å². The maximum Gasteiger partial charge on any atom is 0.111 e. The first-order valence-corrected chi connectivity index (χ1v) is 5.38. The lowest BCUT2D eigenvalue weighted by Gasteiger charge is -2.25. The van der Waals surface area contributed by atoms with Gasteiger partial charge in [-0.1, -0.05) is 6.42 Å². The summed E-state index contributed by atoms with van der Waals surface area (Å²) in [4.78, 5) is 0. The number of nitrogens with one attached hydrogen (secondary N) is 1. The minimum atomic E-state index is -0.399. The van der Waals surface area contributed by atoms with Gasteiger partial charge >= 0.3 is 0 Å². The van der Waals surface area contributed by atoms with Crippen LogP contribution in [0, 0.1) is 17.8 Å². The lowest BCUT2D eigenvalue weighted by Crippen LogP contribution is -2.19. The van der Waals surface area contributed by atoms with E-state index in [9.17, 15) is 5.11 Å². The quantitative estimate of drug-likeness (QED) is 0.743. The molecule has 0 amide bonds. The van der Waals surface area contributed by atoms with Gasteiger partial charge in [0.25, 0.3) is 0 Å². The first-order chi connectivity index (χ1) is 6.84. The molecule has 2 aliphatic carbocycles. The standard InChI is InChI=1S/C10H15N3O/c14-10(9-5-11-13-12-9)8-4-6-1-2-7(8)3-6/h5-8,10,14H,1-4H2,(H,11,12,13). The van der Waals surface area contributed by atoms with E-state index in [-0.39, 0.29) is 0 Å². The maximum atomic E-state index is 10.1. The van der Waals surface area contributed by atoms with Gasteiger partial charge in [-0.05, 0) is 37.0 Å². The van der Waals surface area contributed by atoms with Crippen LogP contribution in [0.4, 0.5) is 0 Å². The summed E-state index contributed by atoms with van der Waals surface area (Å²) < 4.78 is 0. The second kappa shape index (κ2) is 3.05. The minimum Gasteiger partial charge on any atom is -0.386 e. The zero-order valence-electron chi connectivity index (χ0n) is 8.06. The van der Waals surface area contributed by atoms with Gasteiger partial charge in [-0.15, -0.1) is 0 Å². The van der Waals surface area contributed by atoms with Crippen molar-refractivity contribution < 1.29 is 5.11 Å². The van der Waals surface area contributed by atoms with E-state index in [1.54, 1.807) is 6.20 Å². The van der Waals surface area contributed by atoms with Crippen molar-refractivity contribution in [1.29, 1.82) is 0 Å². The monoisotopic (exact) mass is 193 g/mol. The van der Waals surface area contributed by atoms with Crippen molar-refractivity contribution in [2.24, 2.45) is 17.8 Å². The Morgan fingerprint density at radius 2 is 2.36 bits per heavy atom. The highest BCUT2D eigenvalue weighted by atomic mass is 16.3. The molecule has 76 valence electrons. The fourth-order valence-corrected chi connectivity index (χ4v) is 3.25. The lowest BCUT2D eigenvalue weighted by molar-refractivity contribution is 0.0709. The topological polar surface area (TPSA) is 61.8 Å². The fraction of sp³-hybridized carbons (Fsp3) is 0.800. The first-order valence-electron chi connectivity index (χ1n) is 5.38.